The van der Waals surface area contributed by atoms with Gasteiger partial charge in [0, 0.05) is 23.2 Å². The summed E-state index contributed by atoms with van der Waals surface area (Å²) in [6, 6.07) is 6.40. The first kappa shape index (κ1) is 18.2. The van der Waals surface area contributed by atoms with Gasteiger partial charge in [0.15, 0.2) is 5.76 Å². The van der Waals surface area contributed by atoms with Crippen LogP contribution in [0.4, 0.5) is 5.69 Å². The van der Waals surface area contributed by atoms with Crippen LogP contribution in [0.25, 0.3) is 0 Å². The summed E-state index contributed by atoms with van der Waals surface area (Å²) >= 11 is 0. The molecule has 2 N–H and O–H groups in total. The van der Waals surface area contributed by atoms with Gasteiger partial charge in [-0.1, -0.05) is 13.8 Å². The van der Waals surface area contributed by atoms with Crippen molar-refractivity contribution in [2.24, 2.45) is 5.41 Å². The van der Waals surface area contributed by atoms with Gasteiger partial charge in [-0.25, -0.2) is 4.79 Å². The molecule has 138 valence electrons. The number of aliphatic hydroxyl groups excluding tert-OH is 1. The minimum atomic E-state index is -0.626. The number of furan rings is 1. The van der Waals surface area contributed by atoms with Crippen molar-refractivity contribution in [3.05, 3.63) is 52.5 Å². The zero-order valence-corrected chi connectivity index (χ0v) is 15.4. The average Bonchev–Trinajstić information content (AvgIpc) is 2.90. The number of aliphatic hydroxyl groups is 1. The van der Waals surface area contributed by atoms with Gasteiger partial charge in [-0.15, -0.1) is 0 Å². The van der Waals surface area contributed by atoms with Crippen molar-refractivity contribution in [1.29, 1.82) is 0 Å². The van der Waals surface area contributed by atoms with Crippen LogP contribution in [0.3, 0.4) is 0 Å². The number of ether oxygens (including phenoxy) is 1. The Balaban J connectivity index is 1.82. The minimum Gasteiger partial charge on any atom is -0.465 e. The lowest BCUT2D eigenvalue weighted by Gasteiger charge is -2.31. The number of benzene rings is 1. The van der Waals surface area contributed by atoms with E-state index in [-0.39, 0.29) is 17.1 Å². The summed E-state index contributed by atoms with van der Waals surface area (Å²) in [7, 11) is 1.31. The Morgan fingerprint density at radius 3 is 2.54 bits per heavy atom. The molecule has 1 unspecified atom stereocenters. The maximum atomic E-state index is 12.6. The molecular formula is C20H23NO5. The fourth-order valence-corrected chi connectivity index (χ4v) is 3.50. The molecule has 1 aromatic carbocycles. The van der Waals surface area contributed by atoms with Gasteiger partial charge >= 0.3 is 5.97 Å². The van der Waals surface area contributed by atoms with E-state index >= 15 is 0 Å². The topological polar surface area (TPSA) is 88.8 Å². The van der Waals surface area contributed by atoms with Crippen LogP contribution in [0.1, 0.15) is 64.2 Å². The van der Waals surface area contributed by atoms with Gasteiger partial charge in [-0.05, 0) is 43.0 Å². The maximum absolute atomic E-state index is 12.6. The molecule has 1 atom stereocenters. The first-order valence-electron chi connectivity index (χ1n) is 8.52. The molecule has 0 fully saturated rings. The molecule has 1 amide bonds. The van der Waals surface area contributed by atoms with E-state index in [2.05, 4.69) is 23.9 Å². The van der Waals surface area contributed by atoms with Gasteiger partial charge in [0.1, 0.15) is 5.76 Å². The number of amides is 1. The van der Waals surface area contributed by atoms with Crippen molar-refractivity contribution in [1.82, 2.24) is 0 Å². The normalized spacial score (nSPS) is 18.1. The fourth-order valence-electron chi connectivity index (χ4n) is 3.50. The molecule has 1 aliphatic rings. The van der Waals surface area contributed by atoms with Crippen molar-refractivity contribution in [2.75, 3.05) is 12.4 Å². The van der Waals surface area contributed by atoms with Crippen molar-refractivity contribution in [3.8, 4) is 0 Å². The first-order chi connectivity index (χ1) is 12.2. The highest BCUT2D eigenvalue weighted by Crippen LogP contribution is 2.44. The lowest BCUT2D eigenvalue weighted by atomic mass is 9.75. The number of anilines is 1. The monoisotopic (exact) mass is 357 g/mol. The molecule has 0 aliphatic heterocycles. The summed E-state index contributed by atoms with van der Waals surface area (Å²) in [5, 5.41) is 13.2. The molecule has 26 heavy (non-hydrogen) atoms. The predicted molar refractivity (Wildman–Crippen MR) is 96.2 cm³/mol. The van der Waals surface area contributed by atoms with E-state index in [4.69, 9.17) is 4.42 Å². The summed E-state index contributed by atoms with van der Waals surface area (Å²) in [6.07, 6.45) is 0.691. The van der Waals surface area contributed by atoms with Gasteiger partial charge < -0.3 is 19.6 Å². The maximum Gasteiger partial charge on any atom is 0.337 e. The quantitative estimate of drug-likeness (QED) is 0.819. The molecule has 0 bridgehead atoms. The molecule has 0 saturated carbocycles. The number of hydrogen-bond acceptors (Lipinski definition) is 5. The molecule has 6 heteroatoms. The second-order valence-corrected chi connectivity index (χ2v) is 7.48. The van der Waals surface area contributed by atoms with Crippen molar-refractivity contribution in [2.45, 2.75) is 39.7 Å². The minimum absolute atomic E-state index is 0.0752. The number of esters is 1. The highest BCUT2D eigenvalue weighted by Gasteiger charge is 2.37. The van der Waals surface area contributed by atoms with Gasteiger partial charge in [0.25, 0.3) is 5.91 Å². The highest BCUT2D eigenvalue weighted by atomic mass is 16.5. The Morgan fingerprint density at radius 2 is 1.92 bits per heavy atom. The standard InChI is InChI=1S/C20H23NO5/c1-11-16-14(22)9-20(2,3)10-15(16)26-17(11)18(23)21-13-7-5-12(6-8-13)19(24)25-4/h5-8,14,22H,9-10H2,1-4H3,(H,21,23). The Kier molecular flexibility index (Phi) is 4.63. The highest BCUT2D eigenvalue weighted by molar-refractivity contribution is 6.03. The third-order valence-electron chi connectivity index (χ3n) is 4.76. The molecule has 2 aromatic rings. The number of nitrogens with one attached hydrogen (secondary N) is 1. The predicted octanol–water partition coefficient (Wildman–Crippen LogP) is 3.63. The van der Waals surface area contributed by atoms with Gasteiger partial charge in [-0.2, -0.15) is 0 Å². The summed E-state index contributed by atoms with van der Waals surface area (Å²) in [4.78, 5) is 24.1. The third kappa shape index (κ3) is 3.37. The number of hydrogen-bond donors (Lipinski definition) is 2. The Labute approximate surface area is 152 Å². The Bertz CT molecular complexity index is 848. The lowest BCUT2D eigenvalue weighted by molar-refractivity contribution is 0.0600. The van der Waals surface area contributed by atoms with Crippen molar-refractivity contribution < 1.29 is 23.8 Å². The van der Waals surface area contributed by atoms with Crippen LogP contribution < -0.4 is 5.32 Å². The largest absolute Gasteiger partial charge is 0.465 e. The molecule has 1 heterocycles. The smallest absolute Gasteiger partial charge is 0.337 e. The summed E-state index contributed by atoms with van der Waals surface area (Å²) < 4.78 is 10.5. The van der Waals surface area contributed by atoms with Crippen LogP contribution in [0, 0.1) is 12.3 Å². The fraction of sp³-hybridized carbons (Fsp3) is 0.400. The first-order valence-corrected chi connectivity index (χ1v) is 8.52. The van der Waals surface area contributed by atoms with Crippen LogP contribution in [-0.2, 0) is 11.2 Å². The number of carbonyl (C=O) groups excluding carboxylic acids is 2. The van der Waals surface area contributed by atoms with Gasteiger partial charge in [0.2, 0.25) is 0 Å². The molecule has 6 nitrogen and oxygen atoms in total. The molecule has 3 rings (SSSR count). The molecule has 1 aliphatic carbocycles. The third-order valence-corrected chi connectivity index (χ3v) is 4.76. The second-order valence-electron chi connectivity index (χ2n) is 7.48. The van der Waals surface area contributed by atoms with Crippen molar-refractivity contribution in [3.63, 3.8) is 0 Å². The van der Waals surface area contributed by atoms with Crippen LogP contribution in [0.15, 0.2) is 28.7 Å². The van der Waals surface area contributed by atoms with E-state index in [0.29, 0.717) is 35.4 Å². The molecular weight excluding hydrogens is 334 g/mol. The summed E-state index contributed by atoms with van der Waals surface area (Å²) in [5.41, 5.74) is 2.27. The molecule has 0 radical (unpaired) electrons. The van der Waals surface area contributed by atoms with Crippen LogP contribution >= 0.6 is 0 Å². The van der Waals surface area contributed by atoms with E-state index in [1.54, 1.807) is 31.2 Å². The Morgan fingerprint density at radius 1 is 1.27 bits per heavy atom. The number of rotatable bonds is 3. The van der Waals surface area contributed by atoms with E-state index in [9.17, 15) is 14.7 Å². The van der Waals surface area contributed by atoms with Gasteiger partial charge in [0.05, 0.1) is 18.8 Å². The van der Waals surface area contributed by atoms with Crippen LogP contribution in [0.2, 0.25) is 0 Å². The van der Waals surface area contributed by atoms with Crippen LogP contribution in [-0.4, -0.2) is 24.1 Å². The SMILES string of the molecule is COC(=O)c1ccc(NC(=O)c2oc3c(c2C)C(O)CC(C)(C)C3)cc1. The number of carbonyl (C=O) groups is 2. The molecule has 0 spiro atoms. The summed E-state index contributed by atoms with van der Waals surface area (Å²) in [6.45, 7) is 5.93. The van der Waals surface area contributed by atoms with Crippen LogP contribution in [0.5, 0.6) is 0 Å². The average molecular weight is 357 g/mol. The second kappa shape index (κ2) is 6.61. The molecule has 0 saturated heterocycles. The van der Waals surface area contributed by atoms with E-state index < -0.39 is 12.1 Å². The summed E-state index contributed by atoms with van der Waals surface area (Å²) in [5.74, 6) is 0.0722. The van der Waals surface area contributed by atoms with Crippen molar-refractivity contribution >= 4 is 17.6 Å². The zero-order chi connectivity index (χ0) is 19.1. The van der Waals surface area contributed by atoms with E-state index in [0.717, 1.165) is 5.56 Å². The zero-order valence-electron chi connectivity index (χ0n) is 15.4. The van der Waals surface area contributed by atoms with E-state index in [1.807, 2.05) is 0 Å². The Hall–Kier alpha value is -2.60. The lowest BCUT2D eigenvalue weighted by Crippen LogP contribution is -2.24. The number of methoxy groups -OCH3 is 1. The molecule has 1 aromatic heterocycles. The van der Waals surface area contributed by atoms with Gasteiger partial charge in [-0.3, -0.25) is 4.79 Å². The van der Waals surface area contributed by atoms with E-state index in [1.165, 1.54) is 7.11 Å². The number of fused-ring (bicyclic) bond motifs is 1.